The zero-order valence-electron chi connectivity index (χ0n) is 11.5. The van der Waals surface area contributed by atoms with Gasteiger partial charge in [-0.3, -0.25) is 0 Å². The van der Waals surface area contributed by atoms with E-state index in [0.29, 0.717) is 4.99 Å². The van der Waals surface area contributed by atoms with Gasteiger partial charge in [0.25, 0.3) is 0 Å². The van der Waals surface area contributed by atoms with Gasteiger partial charge in [-0.1, -0.05) is 32.1 Å². The Labute approximate surface area is 120 Å². The van der Waals surface area contributed by atoms with Crippen LogP contribution in [0.5, 0.6) is 0 Å². The van der Waals surface area contributed by atoms with Crippen LogP contribution in [-0.2, 0) is 0 Å². The fraction of sp³-hybridized carbons (Fsp3) is 0.500. The van der Waals surface area contributed by atoms with E-state index in [1.165, 1.54) is 0 Å². The van der Waals surface area contributed by atoms with Gasteiger partial charge in [-0.15, -0.1) is 11.8 Å². The van der Waals surface area contributed by atoms with Crippen LogP contribution >= 0.6 is 24.0 Å². The largest absolute Gasteiger partial charge is 0.389 e. The van der Waals surface area contributed by atoms with Crippen LogP contribution in [-0.4, -0.2) is 16.8 Å². The van der Waals surface area contributed by atoms with E-state index in [2.05, 4.69) is 38.2 Å². The van der Waals surface area contributed by atoms with Gasteiger partial charge >= 0.3 is 0 Å². The Hall–Kier alpha value is -0.740. The summed E-state index contributed by atoms with van der Waals surface area (Å²) in [5, 5.41) is 3.60. The number of hydrogen-bond acceptors (Lipinski definition) is 3. The first-order valence-electron chi connectivity index (χ1n) is 6.22. The maximum atomic E-state index is 5.87. The molecule has 0 spiro atoms. The Bertz CT molecular complexity index is 426. The molecule has 0 saturated heterocycles. The van der Waals surface area contributed by atoms with Gasteiger partial charge in [0, 0.05) is 21.7 Å². The molecule has 1 rings (SSSR count). The molecule has 4 heteroatoms. The number of thiocarbonyl (C=S) groups is 1. The van der Waals surface area contributed by atoms with E-state index in [1.807, 2.05) is 12.3 Å². The first kappa shape index (κ1) is 15.3. The van der Waals surface area contributed by atoms with Crippen molar-refractivity contribution in [3.05, 3.63) is 23.8 Å². The summed E-state index contributed by atoms with van der Waals surface area (Å²) in [5.74, 6) is 0. The van der Waals surface area contributed by atoms with Crippen LogP contribution in [0.1, 0.15) is 39.2 Å². The molecule has 0 unspecified atom stereocenters. The summed E-state index contributed by atoms with van der Waals surface area (Å²) < 4.78 is 0. The Morgan fingerprint density at radius 2 is 2.00 bits per heavy atom. The van der Waals surface area contributed by atoms with E-state index in [1.54, 1.807) is 11.8 Å². The molecule has 0 aliphatic carbocycles. The number of thioether (sulfide) groups is 1. The van der Waals surface area contributed by atoms with Crippen LogP contribution in [0, 0.1) is 0 Å². The van der Waals surface area contributed by atoms with Crippen LogP contribution in [0.3, 0.4) is 0 Å². The third-order valence-corrected chi connectivity index (χ3v) is 4.47. The minimum Gasteiger partial charge on any atom is -0.389 e. The monoisotopic (exact) mass is 282 g/mol. The predicted molar refractivity (Wildman–Crippen MR) is 86.7 cm³/mol. The molecule has 2 nitrogen and oxygen atoms in total. The number of hydrogen-bond donors (Lipinski definition) is 2. The summed E-state index contributed by atoms with van der Waals surface area (Å²) in [6.45, 7) is 6.60. The Kier molecular flexibility index (Phi) is 5.47. The molecule has 0 fully saturated rings. The SMILES string of the molecule is CCC(C)(CC)Nc1cccc(SC)c1C(N)=S. The zero-order chi connectivity index (χ0) is 13.8. The van der Waals surface area contributed by atoms with Gasteiger partial charge in [-0.2, -0.15) is 0 Å². The van der Waals surface area contributed by atoms with E-state index in [9.17, 15) is 0 Å². The van der Waals surface area contributed by atoms with Crippen molar-refractivity contribution in [2.24, 2.45) is 5.73 Å². The van der Waals surface area contributed by atoms with E-state index in [0.717, 1.165) is 29.0 Å². The van der Waals surface area contributed by atoms with Crippen LogP contribution in [0.15, 0.2) is 23.1 Å². The van der Waals surface area contributed by atoms with Crippen LogP contribution in [0.25, 0.3) is 0 Å². The molecule has 1 aromatic rings. The van der Waals surface area contributed by atoms with Gasteiger partial charge in [0.05, 0.1) is 0 Å². The fourth-order valence-electron chi connectivity index (χ4n) is 1.81. The van der Waals surface area contributed by atoms with Gasteiger partial charge in [0.1, 0.15) is 4.99 Å². The molecule has 0 aliphatic heterocycles. The maximum Gasteiger partial charge on any atom is 0.107 e. The molecule has 0 heterocycles. The lowest BCUT2D eigenvalue weighted by atomic mass is 9.94. The molecule has 0 amide bonds. The predicted octanol–water partition coefficient (Wildman–Crippen LogP) is 4.03. The number of benzene rings is 1. The molecule has 0 radical (unpaired) electrons. The lowest BCUT2D eigenvalue weighted by Gasteiger charge is -2.31. The highest BCUT2D eigenvalue weighted by molar-refractivity contribution is 7.98. The van der Waals surface area contributed by atoms with E-state index in [4.69, 9.17) is 18.0 Å². The molecular weight excluding hydrogens is 260 g/mol. The molecule has 0 aromatic heterocycles. The minimum atomic E-state index is 0.0799. The van der Waals surface area contributed by atoms with Crippen LogP contribution in [0.2, 0.25) is 0 Å². The van der Waals surface area contributed by atoms with Gasteiger partial charge in [0.15, 0.2) is 0 Å². The first-order chi connectivity index (χ1) is 8.47. The summed E-state index contributed by atoms with van der Waals surface area (Å²) in [5.41, 5.74) is 7.96. The summed E-state index contributed by atoms with van der Waals surface area (Å²) in [7, 11) is 0. The van der Waals surface area contributed by atoms with Crippen molar-refractivity contribution < 1.29 is 0 Å². The zero-order valence-corrected chi connectivity index (χ0v) is 13.2. The quantitative estimate of drug-likeness (QED) is 0.610. The van der Waals surface area contributed by atoms with E-state index < -0.39 is 0 Å². The highest BCUT2D eigenvalue weighted by Crippen LogP contribution is 2.30. The van der Waals surface area contributed by atoms with Crippen molar-refractivity contribution in [2.45, 2.75) is 44.0 Å². The van der Waals surface area contributed by atoms with Crippen LogP contribution < -0.4 is 11.1 Å². The third-order valence-electron chi connectivity index (χ3n) is 3.49. The fourth-order valence-corrected chi connectivity index (χ4v) is 2.73. The molecule has 0 aliphatic rings. The highest BCUT2D eigenvalue weighted by atomic mass is 32.2. The number of rotatable bonds is 6. The summed E-state index contributed by atoms with van der Waals surface area (Å²) >= 11 is 6.86. The smallest absolute Gasteiger partial charge is 0.107 e. The molecule has 0 saturated carbocycles. The lowest BCUT2D eigenvalue weighted by molar-refractivity contribution is 0.478. The highest BCUT2D eigenvalue weighted by Gasteiger charge is 2.21. The van der Waals surface area contributed by atoms with Crippen molar-refractivity contribution in [1.82, 2.24) is 0 Å². The Balaban J connectivity index is 3.20. The van der Waals surface area contributed by atoms with Crippen molar-refractivity contribution >= 4 is 34.7 Å². The molecule has 100 valence electrons. The standard InChI is InChI=1S/C14H22N2S2/c1-5-14(3,6-2)16-10-8-7-9-11(18-4)12(10)13(15)17/h7-9,16H,5-6H2,1-4H3,(H2,15,17). The number of nitrogens with two attached hydrogens (primary N) is 1. The second-order valence-electron chi connectivity index (χ2n) is 4.64. The topological polar surface area (TPSA) is 38.0 Å². The van der Waals surface area contributed by atoms with Crippen molar-refractivity contribution in [3.8, 4) is 0 Å². The Morgan fingerprint density at radius 3 is 2.44 bits per heavy atom. The van der Waals surface area contributed by atoms with Gasteiger partial charge in [0.2, 0.25) is 0 Å². The maximum absolute atomic E-state index is 5.87. The normalized spacial score (nSPS) is 11.3. The molecule has 1 aromatic carbocycles. The third kappa shape index (κ3) is 3.39. The molecule has 3 N–H and O–H groups in total. The Morgan fingerprint density at radius 1 is 1.39 bits per heavy atom. The molecule has 0 bridgehead atoms. The number of anilines is 1. The lowest BCUT2D eigenvalue weighted by Crippen LogP contribution is -2.34. The minimum absolute atomic E-state index is 0.0799. The van der Waals surface area contributed by atoms with E-state index >= 15 is 0 Å². The summed E-state index contributed by atoms with van der Waals surface area (Å²) in [4.78, 5) is 1.58. The second-order valence-corrected chi connectivity index (χ2v) is 5.93. The van der Waals surface area contributed by atoms with Crippen LogP contribution in [0.4, 0.5) is 5.69 Å². The first-order valence-corrected chi connectivity index (χ1v) is 7.85. The molecule has 0 atom stereocenters. The summed E-state index contributed by atoms with van der Waals surface area (Å²) in [6, 6.07) is 6.15. The van der Waals surface area contributed by atoms with Crippen molar-refractivity contribution in [2.75, 3.05) is 11.6 Å². The van der Waals surface area contributed by atoms with Gasteiger partial charge < -0.3 is 11.1 Å². The van der Waals surface area contributed by atoms with Crippen molar-refractivity contribution in [3.63, 3.8) is 0 Å². The summed E-state index contributed by atoms with van der Waals surface area (Å²) in [6.07, 6.45) is 4.16. The molecule has 18 heavy (non-hydrogen) atoms. The van der Waals surface area contributed by atoms with Gasteiger partial charge in [-0.05, 0) is 38.2 Å². The average molecular weight is 282 g/mol. The molecular formula is C14H22N2S2. The average Bonchev–Trinajstić information content (AvgIpc) is 2.37. The number of nitrogens with one attached hydrogen (secondary N) is 1. The second kappa shape index (κ2) is 6.43. The van der Waals surface area contributed by atoms with E-state index in [-0.39, 0.29) is 5.54 Å². The van der Waals surface area contributed by atoms with Gasteiger partial charge in [-0.25, -0.2) is 0 Å². The van der Waals surface area contributed by atoms with Crippen molar-refractivity contribution in [1.29, 1.82) is 0 Å².